The first-order valence-electron chi connectivity index (χ1n) is 11.2. The molecular weight excluding hydrogens is 458 g/mol. The van der Waals surface area contributed by atoms with E-state index in [2.05, 4.69) is 10.6 Å². The Morgan fingerprint density at radius 2 is 1.50 bits per heavy atom. The summed E-state index contributed by atoms with van der Waals surface area (Å²) >= 11 is 0. The molecule has 184 valence electrons. The number of sulfonamides is 1. The van der Waals surface area contributed by atoms with Crippen molar-refractivity contribution < 1.29 is 27.5 Å². The van der Waals surface area contributed by atoms with Crippen molar-refractivity contribution in [3.63, 3.8) is 0 Å². The minimum Gasteiger partial charge on any atom is -0.493 e. The molecule has 2 amide bonds. The average molecular weight is 490 g/mol. The van der Waals surface area contributed by atoms with Gasteiger partial charge in [-0.2, -0.15) is 4.31 Å². The van der Waals surface area contributed by atoms with Crippen LogP contribution < -0.4 is 20.1 Å². The fourth-order valence-corrected chi connectivity index (χ4v) is 5.73. The molecule has 0 bridgehead atoms. The van der Waals surface area contributed by atoms with E-state index < -0.39 is 15.9 Å². The van der Waals surface area contributed by atoms with Crippen molar-refractivity contribution in [2.75, 3.05) is 31.4 Å². The Kier molecular flexibility index (Phi) is 8.51. The van der Waals surface area contributed by atoms with E-state index in [1.54, 1.807) is 30.3 Å². The number of nitrogens with one attached hydrogen (secondary N) is 2. The molecule has 1 saturated carbocycles. The maximum atomic E-state index is 13.6. The predicted molar refractivity (Wildman–Crippen MR) is 130 cm³/mol. The lowest BCUT2D eigenvalue weighted by atomic mass is 9.95. The lowest BCUT2D eigenvalue weighted by molar-refractivity contribution is -0.117. The van der Waals surface area contributed by atoms with Crippen LogP contribution in [-0.2, 0) is 19.6 Å². The van der Waals surface area contributed by atoms with Gasteiger partial charge in [-0.3, -0.25) is 9.59 Å². The molecule has 0 aromatic heterocycles. The van der Waals surface area contributed by atoms with Crippen molar-refractivity contribution in [3.8, 4) is 11.5 Å². The number of nitrogens with zero attached hydrogens (tertiary/aromatic N) is 1. The zero-order valence-electron chi connectivity index (χ0n) is 19.7. The van der Waals surface area contributed by atoms with Gasteiger partial charge in [0.1, 0.15) is 0 Å². The first kappa shape index (κ1) is 25.5. The summed E-state index contributed by atoms with van der Waals surface area (Å²) in [7, 11) is -1.05. The van der Waals surface area contributed by atoms with E-state index in [0.29, 0.717) is 35.7 Å². The summed E-state index contributed by atoms with van der Waals surface area (Å²) in [6.45, 7) is 1.10. The number of methoxy groups -OCH3 is 2. The molecule has 0 atom stereocenters. The highest BCUT2D eigenvalue weighted by molar-refractivity contribution is 7.89. The molecule has 3 rings (SSSR count). The first-order valence-corrected chi connectivity index (χ1v) is 12.6. The van der Waals surface area contributed by atoms with Crippen LogP contribution >= 0.6 is 0 Å². The van der Waals surface area contributed by atoms with Gasteiger partial charge in [-0.25, -0.2) is 8.42 Å². The third kappa shape index (κ3) is 6.27. The largest absolute Gasteiger partial charge is 0.493 e. The average Bonchev–Trinajstić information content (AvgIpc) is 2.83. The SMILES string of the molecule is COc1ccc(S(=O)(=O)N(CC(=O)Nc2ccc(NC(C)=O)cc2)C2CCCCC2)cc1OC. The molecule has 9 nitrogen and oxygen atoms in total. The van der Waals surface area contributed by atoms with Gasteiger partial charge in [0.2, 0.25) is 21.8 Å². The van der Waals surface area contributed by atoms with Gasteiger partial charge in [0, 0.05) is 30.4 Å². The number of carbonyl (C=O) groups is 2. The van der Waals surface area contributed by atoms with Crippen LogP contribution in [0.2, 0.25) is 0 Å². The zero-order valence-corrected chi connectivity index (χ0v) is 20.5. The minimum absolute atomic E-state index is 0.0446. The van der Waals surface area contributed by atoms with Crippen molar-refractivity contribution in [1.82, 2.24) is 4.31 Å². The molecule has 0 spiro atoms. The van der Waals surface area contributed by atoms with Gasteiger partial charge in [-0.1, -0.05) is 19.3 Å². The number of benzene rings is 2. The summed E-state index contributed by atoms with van der Waals surface area (Å²) in [4.78, 5) is 24.1. The highest BCUT2D eigenvalue weighted by atomic mass is 32.2. The molecule has 0 unspecified atom stereocenters. The Morgan fingerprint density at radius 3 is 2.06 bits per heavy atom. The van der Waals surface area contributed by atoms with E-state index >= 15 is 0 Å². The van der Waals surface area contributed by atoms with Crippen LogP contribution in [0.15, 0.2) is 47.4 Å². The van der Waals surface area contributed by atoms with Crippen LogP contribution in [0.25, 0.3) is 0 Å². The molecule has 0 saturated heterocycles. The third-order valence-corrected chi connectivity index (χ3v) is 7.63. The predicted octanol–water partition coefficient (Wildman–Crippen LogP) is 3.62. The van der Waals surface area contributed by atoms with E-state index in [1.807, 2.05) is 0 Å². The fraction of sp³-hybridized carbons (Fsp3) is 0.417. The smallest absolute Gasteiger partial charge is 0.243 e. The topological polar surface area (TPSA) is 114 Å². The highest BCUT2D eigenvalue weighted by Gasteiger charge is 2.34. The number of hydrogen-bond donors (Lipinski definition) is 2. The Balaban J connectivity index is 1.83. The van der Waals surface area contributed by atoms with Crippen molar-refractivity contribution in [3.05, 3.63) is 42.5 Å². The molecule has 34 heavy (non-hydrogen) atoms. The quantitative estimate of drug-likeness (QED) is 0.556. The van der Waals surface area contributed by atoms with Crippen LogP contribution in [-0.4, -0.2) is 51.3 Å². The lowest BCUT2D eigenvalue weighted by Gasteiger charge is -2.33. The lowest BCUT2D eigenvalue weighted by Crippen LogP contribution is -2.45. The summed E-state index contributed by atoms with van der Waals surface area (Å²) in [5.41, 5.74) is 1.11. The van der Waals surface area contributed by atoms with E-state index in [0.717, 1.165) is 19.3 Å². The van der Waals surface area contributed by atoms with E-state index in [9.17, 15) is 18.0 Å². The molecular formula is C24H31N3O6S. The minimum atomic E-state index is -3.98. The zero-order chi connectivity index (χ0) is 24.7. The molecule has 1 aliphatic carbocycles. The molecule has 2 N–H and O–H groups in total. The normalized spacial score (nSPS) is 14.5. The molecule has 0 heterocycles. The maximum absolute atomic E-state index is 13.6. The van der Waals surface area contributed by atoms with Gasteiger partial charge in [-0.15, -0.1) is 0 Å². The van der Waals surface area contributed by atoms with E-state index in [1.165, 1.54) is 37.6 Å². The molecule has 10 heteroatoms. The van der Waals surface area contributed by atoms with Crippen LogP contribution in [0.5, 0.6) is 11.5 Å². The Bertz CT molecular complexity index is 1110. The molecule has 1 aliphatic rings. The number of hydrogen-bond acceptors (Lipinski definition) is 6. The second kappa shape index (κ2) is 11.3. The highest BCUT2D eigenvalue weighted by Crippen LogP contribution is 2.33. The molecule has 0 radical (unpaired) electrons. The van der Waals surface area contributed by atoms with Crippen LogP contribution in [0, 0.1) is 0 Å². The third-order valence-electron chi connectivity index (χ3n) is 5.73. The fourth-order valence-electron chi connectivity index (χ4n) is 4.07. The van der Waals surface area contributed by atoms with Gasteiger partial charge in [-0.05, 0) is 49.2 Å². The molecule has 0 aliphatic heterocycles. The van der Waals surface area contributed by atoms with Crippen LogP contribution in [0.3, 0.4) is 0 Å². The number of carbonyl (C=O) groups excluding carboxylic acids is 2. The van der Waals surface area contributed by atoms with Crippen molar-refractivity contribution in [1.29, 1.82) is 0 Å². The van der Waals surface area contributed by atoms with Gasteiger partial charge in [0.05, 0.1) is 25.7 Å². The summed E-state index contributed by atoms with van der Waals surface area (Å²) in [6.07, 6.45) is 4.27. The van der Waals surface area contributed by atoms with Crippen molar-refractivity contribution >= 4 is 33.2 Å². The van der Waals surface area contributed by atoms with Crippen LogP contribution in [0.4, 0.5) is 11.4 Å². The first-order chi connectivity index (χ1) is 16.2. The Labute approximate surface area is 200 Å². The second-order valence-corrected chi connectivity index (χ2v) is 10.1. The summed E-state index contributed by atoms with van der Waals surface area (Å²) in [6, 6.07) is 10.8. The van der Waals surface area contributed by atoms with Gasteiger partial charge in [0.15, 0.2) is 11.5 Å². The number of amides is 2. The summed E-state index contributed by atoms with van der Waals surface area (Å²) < 4.78 is 39.1. The summed E-state index contributed by atoms with van der Waals surface area (Å²) in [5.74, 6) is 0.0872. The van der Waals surface area contributed by atoms with Gasteiger partial charge >= 0.3 is 0 Å². The number of anilines is 2. The standard InChI is InChI=1S/C24H31N3O6S/c1-17(28)25-18-9-11-19(12-10-18)26-24(29)16-27(20-7-5-4-6-8-20)34(30,31)21-13-14-22(32-2)23(15-21)33-3/h9-15,20H,4-8,16H2,1-3H3,(H,25,28)(H,26,29). The molecule has 2 aromatic rings. The summed E-state index contributed by atoms with van der Waals surface area (Å²) in [5, 5.41) is 5.41. The Hall–Kier alpha value is -3.11. The van der Waals surface area contributed by atoms with Crippen molar-refractivity contribution in [2.45, 2.75) is 50.0 Å². The molecule has 1 fully saturated rings. The monoisotopic (exact) mass is 489 g/mol. The Morgan fingerprint density at radius 1 is 0.912 bits per heavy atom. The number of rotatable bonds is 9. The second-order valence-electron chi connectivity index (χ2n) is 8.17. The number of ether oxygens (including phenoxy) is 2. The van der Waals surface area contributed by atoms with E-state index in [4.69, 9.17) is 9.47 Å². The van der Waals surface area contributed by atoms with Crippen LogP contribution in [0.1, 0.15) is 39.0 Å². The maximum Gasteiger partial charge on any atom is 0.243 e. The van der Waals surface area contributed by atoms with Crippen molar-refractivity contribution in [2.24, 2.45) is 0 Å². The van der Waals surface area contributed by atoms with Gasteiger partial charge in [0.25, 0.3) is 0 Å². The molecule has 2 aromatic carbocycles. The van der Waals surface area contributed by atoms with Gasteiger partial charge < -0.3 is 20.1 Å². The van der Waals surface area contributed by atoms with E-state index in [-0.39, 0.29) is 23.4 Å².